The SMILES string of the molecule is CNCCCCCCOc1cc(Cl)c(Cl)cc1Cl. The summed E-state index contributed by atoms with van der Waals surface area (Å²) in [6, 6.07) is 3.26. The van der Waals surface area contributed by atoms with Crippen molar-refractivity contribution >= 4 is 34.8 Å². The Hall–Kier alpha value is -0.150. The molecule has 0 saturated carbocycles. The maximum absolute atomic E-state index is 6.01. The van der Waals surface area contributed by atoms with Gasteiger partial charge in [-0.2, -0.15) is 0 Å². The van der Waals surface area contributed by atoms with Crippen molar-refractivity contribution in [3.63, 3.8) is 0 Å². The van der Waals surface area contributed by atoms with Crippen molar-refractivity contribution in [2.75, 3.05) is 20.2 Å². The third-order valence-electron chi connectivity index (χ3n) is 2.55. The Balaban J connectivity index is 2.25. The summed E-state index contributed by atoms with van der Waals surface area (Å²) in [5.41, 5.74) is 0. The summed E-state index contributed by atoms with van der Waals surface area (Å²) in [5, 5.41) is 4.54. The summed E-state index contributed by atoms with van der Waals surface area (Å²) >= 11 is 17.8. The van der Waals surface area contributed by atoms with Crippen molar-refractivity contribution in [2.45, 2.75) is 25.7 Å². The van der Waals surface area contributed by atoms with Gasteiger partial charge in [-0.25, -0.2) is 0 Å². The molecule has 1 N–H and O–H groups in total. The zero-order chi connectivity index (χ0) is 13.4. The molecule has 2 nitrogen and oxygen atoms in total. The second-order valence-corrected chi connectivity index (χ2v) is 5.28. The Morgan fingerprint density at radius 2 is 1.61 bits per heavy atom. The van der Waals surface area contributed by atoms with Crippen molar-refractivity contribution < 1.29 is 4.74 Å². The van der Waals surface area contributed by atoms with Crippen LogP contribution in [0.2, 0.25) is 15.1 Å². The van der Waals surface area contributed by atoms with E-state index in [1.807, 2.05) is 7.05 Å². The first kappa shape index (κ1) is 15.9. The lowest BCUT2D eigenvalue weighted by Gasteiger charge is -2.09. The molecule has 102 valence electrons. The van der Waals surface area contributed by atoms with E-state index in [0.717, 1.165) is 19.4 Å². The smallest absolute Gasteiger partial charge is 0.139 e. The maximum atomic E-state index is 6.01. The molecule has 0 fully saturated rings. The van der Waals surface area contributed by atoms with Crippen LogP contribution in [0.4, 0.5) is 0 Å². The quantitative estimate of drug-likeness (QED) is 0.550. The standard InChI is InChI=1S/C13H18Cl3NO/c1-17-6-4-2-3-5-7-18-13-9-11(15)10(14)8-12(13)16/h8-9,17H,2-7H2,1H3. The monoisotopic (exact) mass is 309 g/mol. The molecule has 0 aliphatic rings. The molecule has 0 aromatic heterocycles. The molecule has 0 spiro atoms. The highest BCUT2D eigenvalue weighted by Gasteiger charge is 2.06. The van der Waals surface area contributed by atoms with E-state index in [-0.39, 0.29) is 0 Å². The van der Waals surface area contributed by atoms with E-state index in [1.165, 1.54) is 12.8 Å². The minimum atomic E-state index is 0.445. The van der Waals surface area contributed by atoms with Gasteiger partial charge in [-0.15, -0.1) is 0 Å². The van der Waals surface area contributed by atoms with Gasteiger partial charge in [0.05, 0.1) is 21.7 Å². The number of nitrogens with one attached hydrogen (secondary N) is 1. The van der Waals surface area contributed by atoms with Gasteiger partial charge in [0.15, 0.2) is 0 Å². The van der Waals surface area contributed by atoms with E-state index in [0.29, 0.717) is 27.4 Å². The molecule has 0 heterocycles. The summed E-state index contributed by atoms with van der Waals surface area (Å²) < 4.78 is 5.59. The molecule has 1 aromatic rings. The second-order valence-electron chi connectivity index (χ2n) is 4.06. The zero-order valence-electron chi connectivity index (χ0n) is 10.4. The van der Waals surface area contributed by atoms with Crippen LogP contribution in [-0.4, -0.2) is 20.2 Å². The van der Waals surface area contributed by atoms with Gasteiger partial charge >= 0.3 is 0 Å². The number of unbranched alkanes of at least 4 members (excludes halogenated alkanes) is 3. The number of rotatable bonds is 8. The van der Waals surface area contributed by atoms with E-state index in [4.69, 9.17) is 39.5 Å². The van der Waals surface area contributed by atoms with Gasteiger partial charge in [-0.1, -0.05) is 47.6 Å². The van der Waals surface area contributed by atoms with Gasteiger partial charge in [-0.05, 0) is 32.5 Å². The lowest BCUT2D eigenvalue weighted by molar-refractivity contribution is 0.305. The number of benzene rings is 1. The fourth-order valence-electron chi connectivity index (χ4n) is 1.55. The summed E-state index contributed by atoms with van der Waals surface area (Å²) in [6.45, 7) is 1.72. The minimum Gasteiger partial charge on any atom is -0.492 e. The topological polar surface area (TPSA) is 21.3 Å². The molecule has 0 aliphatic carbocycles. The normalized spacial score (nSPS) is 10.7. The lowest BCUT2D eigenvalue weighted by atomic mass is 10.2. The predicted molar refractivity (Wildman–Crippen MR) is 79.4 cm³/mol. The van der Waals surface area contributed by atoms with E-state index in [9.17, 15) is 0 Å². The Bertz CT molecular complexity index is 371. The van der Waals surface area contributed by atoms with Crippen LogP contribution in [0.25, 0.3) is 0 Å². The van der Waals surface area contributed by atoms with Crippen molar-refractivity contribution in [3.05, 3.63) is 27.2 Å². The van der Waals surface area contributed by atoms with Crippen LogP contribution in [0, 0.1) is 0 Å². The first-order valence-corrected chi connectivity index (χ1v) is 7.20. The molecular formula is C13H18Cl3NO. The maximum Gasteiger partial charge on any atom is 0.139 e. The summed E-state index contributed by atoms with van der Waals surface area (Å²) in [6.07, 6.45) is 4.57. The van der Waals surface area contributed by atoms with Crippen molar-refractivity contribution in [1.82, 2.24) is 5.32 Å². The van der Waals surface area contributed by atoms with E-state index < -0.39 is 0 Å². The highest BCUT2D eigenvalue weighted by Crippen LogP contribution is 2.33. The van der Waals surface area contributed by atoms with Crippen molar-refractivity contribution in [2.24, 2.45) is 0 Å². The van der Waals surface area contributed by atoms with Gasteiger partial charge in [0.1, 0.15) is 5.75 Å². The average Bonchev–Trinajstić information content (AvgIpc) is 2.34. The largest absolute Gasteiger partial charge is 0.492 e. The Labute approximate surface area is 124 Å². The third-order valence-corrected chi connectivity index (χ3v) is 3.57. The Morgan fingerprint density at radius 1 is 0.944 bits per heavy atom. The van der Waals surface area contributed by atoms with E-state index in [2.05, 4.69) is 5.32 Å². The zero-order valence-corrected chi connectivity index (χ0v) is 12.7. The van der Waals surface area contributed by atoms with E-state index >= 15 is 0 Å². The fraction of sp³-hybridized carbons (Fsp3) is 0.538. The molecule has 0 bridgehead atoms. The van der Waals surface area contributed by atoms with Crippen LogP contribution in [-0.2, 0) is 0 Å². The number of halogens is 3. The van der Waals surface area contributed by atoms with Gasteiger partial charge in [0.2, 0.25) is 0 Å². The van der Waals surface area contributed by atoms with Crippen LogP contribution in [0.3, 0.4) is 0 Å². The average molecular weight is 311 g/mol. The first-order valence-electron chi connectivity index (χ1n) is 6.07. The van der Waals surface area contributed by atoms with Crippen LogP contribution < -0.4 is 10.1 Å². The minimum absolute atomic E-state index is 0.445. The molecule has 0 saturated heterocycles. The van der Waals surface area contributed by atoms with Crippen LogP contribution in [0.15, 0.2) is 12.1 Å². The molecule has 1 aromatic carbocycles. The molecule has 0 amide bonds. The summed E-state index contributed by atoms with van der Waals surface area (Å²) in [4.78, 5) is 0. The molecular weight excluding hydrogens is 293 g/mol. The number of ether oxygens (including phenoxy) is 1. The van der Waals surface area contributed by atoms with Gasteiger partial charge in [0.25, 0.3) is 0 Å². The number of hydrogen-bond donors (Lipinski definition) is 1. The van der Waals surface area contributed by atoms with Gasteiger partial charge < -0.3 is 10.1 Å². The first-order chi connectivity index (χ1) is 8.65. The van der Waals surface area contributed by atoms with Crippen LogP contribution >= 0.6 is 34.8 Å². The highest BCUT2D eigenvalue weighted by atomic mass is 35.5. The molecule has 5 heteroatoms. The summed E-state index contributed by atoms with van der Waals surface area (Å²) in [7, 11) is 1.97. The van der Waals surface area contributed by atoms with Gasteiger partial charge in [-0.3, -0.25) is 0 Å². The second kappa shape index (κ2) is 8.87. The van der Waals surface area contributed by atoms with Gasteiger partial charge in [0, 0.05) is 6.07 Å². The molecule has 0 atom stereocenters. The molecule has 1 rings (SSSR count). The summed E-state index contributed by atoms with van der Waals surface area (Å²) in [5.74, 6) is 0.598. The Kier molecular flexibility index (Phi) is 7.84. The van der Waals surface area contributed by atoms with Crippen LogP contribution in [0.1, 0.15) is 25.7 Å². The molecule has 0 radical (unpaired) electrons. The lowest BCUT2D eigenvalue weighted by Crippen LogP contribution is -2.07. The van der Waals surface area contributed by atoms with Crippen molar-refractivity contribution in [3.8, 4) is 5.75 Å². The van der Waals surface area contributed by atoms with E-state index in [1.54, 1.807) is 12.1 Å². The molecule has 0 unspecified atom stereocenters. The molecule has 18 heavy (non-hydrogen) atoms. The Morgan fingerprint density at radius 3 is 2.33 bits per heavy atom. The highest BCUT2D eigenvalue weighted by molar-refractivity contribution is 6.43. The third kappa shape index (κ3) is 5.66. The molecule has 0 aliphatic heterocycles. The predicted octanol–water partition coefficient (Wildman–Crippen LogP) is 4.81. The fourth-order valence-corrected chi connectivity index (χ4v) is 2.15. The number of hydrogen-bond acceptors (Lipinski definition) is 2. The van der Waals surface area contributed by atoms with Crippen LogP contribution in [0.5, 0.6) is 5.75 Å². The van der Waals surface area contributed by atoms with Crippen molar-refractivity contribution in [1.29, 1.82) is 0 Å².